The summed E-state index contributed by atoms with van der Waals surface area (Å²) in [7, 11) is 0. The minimum absolute atomic E-state index is 0.00851. The lowest BCUT2D eigenvalue weighted by Gasteiger charge is -2.16. The van der Waals surface area contributed by atoms with Gasteiger partial charge in [0, 0.05) is 17.8 Å². The molecule has 0 saturated carbocycles. The van der Waals surface area contributed by atoms with Gasteiger partial charge in [0.15, 0.2) is 6.10 Å². The van der Waals surface area contributed by atoms with Gasteiger partial charge in [0.2, 0.25) is 0 Å². The van der Waals surface area contributed by atoms with Crippen molar-refractivity contribution in [2.45, 2.75) is 33.3 Å². The molecule has 0 saturated heterocycles. The Morgan fingerprint density at radius 2 is 1.92 bits per heavy atom. The van der Waals surface area contributed by atoms with Crippen molar-refractivity contribution in [1.29, 1.82) is 0 Å². The lowest BCUT2D eigenvalue weighted by atomic mass is 10.1. The minimum atomic E-state index is -0.688. The topological polar surface area (TPSA) is 81.5 Å². The predicted molar refractivity (Wildman–Crippen MR) is 92.4 cm³/mol. The molecular formula is C18H20N2O4. The molecule has 24 heavy (non-hydrogen) atoms. The van der Waals surface area contributed by atoms with Gasteiger partial charge in [-0.25, -0.2) is 0 Å². The SMILES string of the molecule is CCc1ccc(OC(C)C(=O)Nc2ccc([N+](=O)[O-])cc2C)cc1. The molecule has 0 aromatic heterocycles. The average Bonchev–Trinajstić information content (AvgIpc) is 2.57. The van der Waals surface area contributed by atoms with Gasteiger partial charge in [-0.1, -0.05) is 19.1 Å². The fraction of sp³-hybridized carbons (Fsp3) is 0.278. The van der Waals surface area contributed by atoms with Gasteiger partial charge in [0.25, 0.3) is 11.6 Å². The van der Waals surface area contributed by atoms with Crippen molar-refractivity contribution in [3.05, 3.63) is 63.7 Å². The number of non-ortho nitro benzene ring substituents is 1. The molecule has 0 spiro atoms. The van der Waals surface area contributed by atoms with E-state index in [-0.39, 0.29) is 11.6 Å². The second kappa shape index (κ2) is 7.59. The van der Waals surface area contributed by atoms with Crippen LogP contribution in [0.1, 0.15) is 25.0 Å². The maximum Gasteiger partial charge on any atom is 0.269 e. The monoisotopic (exact) mass is 328 g/mol. The number of amides is 1. The highest BCUT2D eigenvalue weighted by Gasteiger charge is 2.17. The maximum absolute atomic E-state index is 12.2. The van der Waals surface area contributed by atoms with E-state index in [0.29, 0.717) is 17.0 Å². The number of nitro groups is 1. The van der Waals surface area contributed by atoms with Gasteiger partial charge in [0.1, 0.15) is 5.75 Å². The second-order valence-electron chi connectivity index (χ2n) is 5.50. The molecule has 1 atom stereocenters. The fourth-order valence-electron chi connectivity index (χ4n) is 2.20. The molecular weight excluding hydrogens is 308 g/mol. The van der Waals surface area contributed by atoms with E-state index in [2.05, 4.69) is 12.2 Å². The van der Waals surface area contributed by atoms with Crippen molar-refractivity contribution in [1.82, 2.24) is 0 Å². The Kier molecular flexibility index (Phi) is 5.52. The summed E-state index contributed by atoms with van der Waals surface area (Å²) in [6.07, 6.45) is 0.252. The quantitative estimate of drug-likeness (QED) is 0.644. The fourth-order valence-corrected chi connectivity index (χ4v) is 2.20. The van der Waals surface area contributed by atoms with Crippen LogP contribution in [0, 0.1) is 17.0 Å². The summed E-state index contributed by atoms with van der Waals surface area (Å²) in [6, 6.07) is 11.9. The van der Waals surface area contributed by atoms with Crippen LogP contribution in [-0.2, 0) is 11.2 Å². The molecule has 0 fully saturated rings. The van der Waals surface area contributed by atoms with Gasteiger partial charge in [-0.3, -0.25) is 14.9 Å². The lowest BCUT2D eigenvalue weighted by Crippen LogP contribution is -2.30. The van der Waals surface area contributed by atoms with Crippen LogP contribution in [0.4, 0.5) is 11.4 Å². The zero-order valence-electron chi connectivity index (χ0n) is 13.9. The summed E-state index contributed by atoms with van der Waals surface area (Å²) < 4.78 is 5.63. The molecule has 6 nitrogen and oxygen atoms in total. The van der Waals surface area contributed by atoms with Crippen molar-refractivity contribution >= 4 is 17.3 Å². The molecule has 1 N–H and O–H groups in total. The molecule has 0 bridgehead atoms. The van der Waals surface area contributed by atoms with E-state index in [0.717, 1.165) is 6.42 Å². The van der Waals surface area contributed by atoms with Gasteiger partial charge in [-0.05, 0) is 49.6 Å². The first kappa shape index (κ1) is 17.5. The van der Waals surface area contributed by atoms with Gasteiger partial charge in [-0.2, -0.15) is 0 Å². The number of nitrogens with one attached hydrogen (secondary N) is 1. The van der Waals surface area contributed by atoms with Crippen LogP contribution in [0.3, 0.4) is 0 Å². The number of hydrogen-bond donors (Lipinski definition) is 1. The second-order valence-corrected chi connectivity index (χ2v) is 5.50. The number of benzene rings is 2. The molecule has 0 heterocycles. The van der Waals surface area contributed by atoms with Crippen molar-refractivity contribution in [2.24, 2.45) is 0 Å². The Hall–Kier alpha value is -2.89. The summed E-state index contributed by atoms with van der Waals surface area (Å²) in [5, 5.41) is 13.5. The molecule has 2 aromatic rings. The Morgan fingerprint density at radius 3 is 2.46 bits per heavy atom. The number of carbonyl (C=O) groups excluding carboxylic acids is 1. The van der Waals surface area contributed by atoms with Crippen LogP contribution in [0.15, 0.2) is 42.5 Å². The van der Waals surface area contributed by atoms with E-state index in [1.807, 2.05) is 24.3 Å². The van der Waals surface area contributed by atoms with Gasteiger partial charge in [0.05, 0.1) is 4.92 Å². The van der Waals surface area contributed by atoms with Crippen molar-refractivity contribution < 1.29 is 14.5 Å². The van der Waals surface area contributed by atoms with Crippen LogP contribution in [-0.4, -0.2) is 16.9 Å². The van der Waals surface area contributed by atoms with Crippen LogP contribution < -0.4 is 10.1 Å². The van der Waals surface area contributed by atoms with E-state index in [1.54, 1.807) is 13.8 Å². The molecule has 6 heteroatoms. The third-order valence-corrected chi connectivity index (χ3v) is 3.69. The Balaban J connectivity index is 2.01. The van der Waals surface area contributed by atoms with E-state index >= 15 is 0 Å². The number of aryl methyl sites for hydroxylation is 2. The molecule has 0 aliphatic rings. The normalized spacial score (nSPS) is 11.6. The number of hydrogen-bond acceptors (Lipinski definition) is 4. The molecule has 2 aromatic carbocycles. The third-order valence-electron chi connectivity index (χ3n) is 3.69. The molecule has 1 unspecified atom stereocenters. The zero-order chi connectivity index (χ0) is 17.7. The summed E-state index contributed by atoms with van der Waals surface area (Å²) in [5.74, 6) is 0.307. The Morgan fingerprint density at radius 1 is 1.25 bits per heavy atom. The molecule has 126 valence electrons. The largest absolute Gasteiger partial charge is 0.481 e. The Labute approximate surface area is 140 Å². The molecule has 2 rings (SSSR count). The van der Waals surface area contributed by atoms with Gasteiger partial charge in [-0.15, -0.1) is 0 Å². The highest BCUT2D eigenvalue weighted by Crippen LogP contribution is 2.22. The van der Waals surface area contributed by atoms with Crippen LogP contribution >= 0.6 is 0 Å². The highest BCUT2D eigenvalue weighted by molar-refractivity contribution is 5.94. The van der Waals surface area contributed by atoms with E-state index in [4.69, 9.17) is 4.74 Å². The zero-order valence-corrected chi connectivity index (χ0v) is 13.9. The number of nitro benzene ring substituents is 1. The van der Waals surface area contributed by atoms with Gasteiger partial charge < -0.3 is 10.1 Å². The van der Waals surface area contributed by atoms with Crippen molar-refractivity contribution in [2.75, 3.05) is 5.32 Å². The summed E-state index contributed by atoms with van der Waals surface area (Å²) in [4.78, 5) is 22.5. The number of rotatable bonds is 6. The summed E-state index contributed by atoms with van der Waals surface area (Å²) in [6.45, 7) is 5.43. The van der Waals surface area contributed by atoms with Crippen molar-refractivity contribution in [3.63, 3.8) is 0 Å². The van der Waals surface area contributed by atoms with Crippen LogP contribution in [0.5, 0.6) is 5.75 Å². The summed E-state index contributed by atoms with van der Waals surface area (Å²) in [5.41, 5.74) is 2.34. The number of anilines is 1. The van der Waals surface area contributed by atoms with Crippen LogP contribution in [0.2, 0.25) is 0 Å². The van der Waals surface area contributed by atoms with Crippen molar-refractivity contribution in [3.8, 4) is 5.75 Å². The summed E-state index contributed by atoms with van der Waals surface area (Å²) >= 11 is 0. The third kappa shape index (κ3) is 4.32. The number of carbonyl (C=O) groups is 1. The van der Waals surface area contributed by atoms with E-state index in [9.17, 15) is 14.9 Å². The predicted octanol–water partition coefficient (Wildman–Crippen LogP) is 3.87. The Bertz CT molecular complexity index is 741. The number of nitrogens with zero attached hydrogens (tertiary/aromatic N) is 1. The maximum atomic E-state index is 12.2. The first-order chi connectivity index (χ1) is 11.4. The standard InChI is InChI=1S/C18H20N2O4/c1-4-14-5-8-16(9-6-14)24-13(3)18(21)19-17-10-7-15(20(22)23)11-12(17)2/h5-11,13H,4H2,1-3H3,(H,19,21). The molecule has 0 aliphatic carbocycles. The minimum Gasteiger partial charge on any atom is -0.481 e. The average molecular weight is 328 g/mol. The van der Waals surface area contributed by atoms with E-state index in [1.165, 1.54) is 23.8 Å². The first-order valence-corrected chi connectivity index (χ1v) is 7.72. The lowest BCUT2D eigenvalue weighted by molar-refractivity contribution is -0.384. The van der Waals surface area contributed by atoms with E-state index < -0.39 is 11.0 Å². The first-order valence-electron chi connectivity index (χ1n) is 7.72. The molecule has 0 aliphatic heterocycles. The smallest absolute Gasteiger partial charge is 0.269 e. The number of ether oxygens (including phenoxy) is 1. The van der Waals surface area contributed by atoms with Gasteiger partial charge >= 0.3 is 0 Å². The molecule has 1 amide bonds. The van der Waals surface area contributed by atoms with Crippen LogP contribution in [0.25, 0.3) is 0 Å². The highest BCUT2D eigenvalue weighted by atomic mass is 16.6. The molecule has 0 radical (unpaired) electrons.